The third-order valence-electron chi connectivity index (χ3n) is 4.01. The molecule has 98 valence electrons. The van der Waals surface area contributed by atoms with E-state index in [1.165, 1.54) is 5.56 Å². The van der Waals surface area contributed by atoms with Crippen molar-refractivity contribution in [3.63, 3.8) is 0 Å². The molecule has 2 aliphatic heterocycles. The van der Waals surface area contributed by atoms with Crippen LogP contribution in [0, 0.1) is 0 Å². The van der Waals surface area contributed by atoms with Crippen LogP contribution in [0.3, 0.4) is 0 Å². The average Bonchev–Trinajstić information content (AvgIpc) is 2.90. The summed E-state index contributed by atoms with van der Waals surface area (Å²) in [5, 5.41) is 0. The zero-order chi connectivity index (χ0) is 12.4. The van der Waals surface area contributed by atoms with E-state index in [9.17, 15) is 0 Å². The monoisotopic (exact) mass is 247 g/mol. The lowest BCUT2D eigenvalue weighted by molar-refractivity contribution is 0.137. The van der Waals surface area contributed by atoms with Gasteiger partial charge in [-0.05, 0) is 37.0 Å². The first-order valence-electron chi connectivity index (χ1n) is 6.73. The summed E-state index contributed by atoms with van der Waals surface area (Å²) in [5.74, 6) is 0. The van der Waals surface area contributed by atoms with Crippen molar-refractivity contribution < 1.29 is 0 Å². The van der Waals surface area contributed by atoms with Crippen LogP contribution in [0.1, 0.15) is 30.9 Å². The Bertz CT molecular complexity index is 374. The fourth-order valence-corrected chi connectivity index (χ4v) is 2.82. The van der Waals surface area contributed by atoms with Crippen molar-refractivity contribution in [1.29, 1.82) is 0 Å². The number of nitrogens with zero attached hydrogens (tertiary/aromatic N) is 2. The molecule has 2 atom stereocenters. The molecule has 0 saturated carbocycles. The Morgan fingerprint density at radius 2 is 1.89 bits per heavy atom. The molecule has 0 aromatic carbocycles. The minimum atomic E-state index is 0.383. The fraction of sp³-hybridized carbons (Fsp3) is 0.615. The predicted octanol–water partition coefficient (Wildman–Crippen LogP) is 0.370. The van der Waals surface area contributed by atoms with Crippen molar-refractivity contribution >= 4 is 0 Å². The summed E-state index contributed by atoms with van der Waals surface area (Å²) in [6.45, 7) is 2.20. The van der Waals surface area contributed by atoms with Gasteiger partial charge < -0.3 is 5.73 Å². The van der Waals surface area contributed by atoms with Gasteiger partial charge in [-0.1, -0.05) is 0 Å². The van der Waals surface area contributed by atoms with Gasteiger partial charge >= 0.3 is 0 Å². The molecule has 3 rings (SSSR count). The Kier molecular flexibility index (Phi) is 3.56. The molecular weight excluding hydrogens is 226 g/mol. The zero-order valence-corrected chi connectivity index (χ0v) is 10.5. The Morgan fingerprint density at radius 3 is 2.61 bits per heavy atom. The molecule has 5 nitrogen and oxygen atoms in total. The van der Waals surface area contributed by atoms with Crippen LogP contribution in [0.25, 0.3) is 0 Å². The quantitative estimate of drug-likeness (QED) is 0.704. The summed E-state index contributed by atoms with van der Waals surface area (Å²) in [5.41, 5.74) is 14.0. The van der Waals surface area contributed by atoms with Crippen LogP contribution in [0.4, 0.5) is 0 Å². The maximum atomic E-state index is 5.94. The second-order valence-corrected chi connectivity index (χ2v) is 5.25. The largest absolute Gasteiger partial charge is 0.328 e. The first kappa shape index (κ1) is 12.0. The van der Waals surface area contributed by atoms with Crippen molar-refractivity contribution in [1.82, 2.24) is 20.7 Å². The lowest BCUT2D eigenvalue weighted by atomic mass is 10.0. The normalized spacial score (nSPS) is 30.7. The van der Waals surface area contributed by atoms with Crippen molar-refractivity contribution in [3.8, 4) is 0 Å². The highest BCUT2D eigenvalue weighted by Crippen LogP contribution is 2.24. The number of rotatable bonds is 2. The molecule has 4 N–H and O–H groups in total. The van der Waals surface area contributed by atoms with Crippen molar-refractivity contribution in [3.05, 3.63) is 30.1 Å². The van der Waals surface area contributed by atoms with Gasteiger partial charge in [-0.2, -0.15) is 0 Å². The molecule has 2 saturated heterocycles. The van der Waals surface area contributed by atoms with Crippen LogP contribution < -0.4 is 16.6 Å². The van der Waals surface area contributed by atoms with Gasteiger partial charge in [0.1, 0.15) is 0 Å². The summed E-state index contributed by atoms with van der Waals surface area (Å²) in [7, 11) is 0. The van der Waals surface area contributed by atoms with E-state index in [4.69, 9.17) is 5.73 Å². The van der Waals surface area contributed by atoms with Gasteiger partial charge in [-0.3, -0.25) is 9.88 Å². The number of hydrazine groups is 1. The number of pyridine rings is 1. The van der Waals surface area contributed by atoms with Gasteiger partial charge in [0.2, 0.25) is 0 Å². The van der Waals surface area contributed by atoms with Crippen LogP contribution >= 0.6 is 0 Å². The van der Waals surface area contributed by atoms with E-state index in [-0.39, 0.29) is 0 Å². The molecule has 0 bridgehead atoms. The van der Waals surface area contributed by atoms with Crippen molar-refractivity contribution in [2.75, 3.05) is 13.1 Å². The maximum Gasteiger partial charge on any atom is 0.0748 e. The molecule has 0 radical (unpaired) electrons. The van der Waals surface area contributed by atoms with Gasteiger partial charge in [0, 0.05) is 37.6 Å². The molecule has 2 unspecified atom stereocenters. The second kappa shape index (κ2) is 5.32. The highest BCUT2D eigenvalue weighted by molar-refractivity contribution is 5.16. The third-order valence-corrected chi connectivity index (χ3v) is 4.01. The van der Waals surface area contributed by atoms with Crippen LogP contribution in [-0.2, 0) is 0 Å². The second-order valence-electron chi connectivity index (χ2n) is 5.25. The van der Waals surface area contributed by atoms with Crippen molar-refractivity contribution in [2.24, 2.45) is 5.73 Å². The lowest BCUT2D eigenvalue weighted by Crippen LogP contribution is -2.50. The lowest BCUT2D eigenvalue weighted by Gasteiger charge is -2.34. The van der Waals surface area contributed by atoms with Crippen molar-refractivity contribution in [2.45, 2.75) is 37.5 Å². The van der Waals surface area contributed by atoms with E-state index in [1.54, 1.807) is 0 Å². The molecule has 2 fully saturated rings. The molecule has 0 aliphatic carbocycles. The predicted molar refractivity (Wildman–Crippen MR) is 70.4 cm³/mol. The Hall–Kier alpha value is -1.01. The number of hydrogen-bond donors (Lipinski definition) is 3. The van der Waals surface area contributed by atoms with Gasteiger partial charge in [-0.15, -0.1) is 0 Å². The first-order valence-corrected chi connectivity index (χ1v) is 6.73. The molecule has 0 spiro atoms. The summed E-state index contributed by atoms with van der Waals surface area (Å²) in [6, 6.07) is 4.93. The number of aromatic nitrogens is 1. The fourth-order valence-electron chi connectivity index (χ4n) is 2.82. The number of piperidine rings is 1. The Balaban J connectivity index is 1.58. The minimum Gasteiger partial charge on any atom is -0.328 e. The highest BCUT2D eigenvalue weighted by Gasteiger charge is 2.31. The highest BCUT2D eigenvalue weighted by atomic mass is 15.5. The number of nitrogens with one attached hydrogen (secondary N) is 2. The zero-order valence-electron chi connectivity index (χ0n) is 10.5. The number of likely N-dealkylation sites (tertiary alicyclic amines) is 1. The standard InChI is InChI=1S/C13H21N5/c14-11-3-7-18(8-4-11)13-9-12(16-17-13)10-1-5-15-6-2-10/h1-2,5-6,11-13,16-17H,3-4,7-9,14H2. The summed E-state index contributed by atoms with van der Waals surface area (Å²) in [4.78, 5) is 6.56. The van der Waals surface area contributed by atoms with E-state index in [2.05, 4.69) is 32.9 Å². The van der Waals surface area contributed by atoms with E-state index >= 15 is 0 Å². The molecule has 1 aromatic heterocycles. The van der Waals surface area contributed by atoms with Gasteiger partial charge in [0.25, 0.3) is 0 Å². The van der Waals surface area contributed by atoms with E-state index in [0.717, 1.165) is 32.4 Å². The number of nitrogens with two attached hydrogens (primary N) is 1. The smallest absolute Gasteiger partial charge is 0.0748 e. The van der Waals surface area contributed by atoms with Gasteiger partial charge in [0.05, 0.1) is 6.17 Å². The minimum absolute atomic E-state index is 0.383. The molecular formula is C13H21N5. The van der Waals surface area contributed by atoms with Crippen LogP contribution in [0.15, 0.2) is 24.5 Å². The molecule has 5 heteroatoms. The first-order chi connectivity index (χ1) is 8.83. The molecule has 1 aromatic rings. The Morgan fingerprint density at radius 1 is 1.17 bits per heavy atom. The summed E-state index contributed by atoms with van der Waals surface area (Å²) >= 11 is 0. The molecule has 2 aliphatic rings. The summed E-state index contributed by atoms with van der Waals surface area (Å²) in [6.07, 6.45) is 7.44. The average molecular weight is 247 g/mol. The molecule has 0 amide bonds. The van der Waals surface area contributed by atoms with E-state index < -0.39 is 0 Å². The van der Waals surface area contributed by atoms with E-state index in [0.29, 0.717) is 18.2 Å². The summed E-state index contributed by atoms with van der Waals surface area (Å²) < 4.78 is 0. The number of hydrogen-bond acceptors (Lipinski definition) is 5. The van der Waals surface area contributed by atoms with Crippen LogP contribution in [0.5, 0.6) is 0 Å². The van der Waals surface area contributed by atoms with Gasteiger partial charge in [0.15, 0.2) is 0 Å². The van der Waals surface area contributed by atoms with Crippen LogP contribution in [-0.4, -0.2) is 35.2 Å². The van der Waals surface area contributed by atoms with Gasteiger partial charge in [-0.25, -0.2) is 10.9 Å². The van der Waals surface area contributed by atoms with E-state index in [1.807, 2.05) is 12.4 Å². The topological polar surface area (TPSA) is 66.2 Å². The molecule has 3 heterocycles. The van der Waals surface area contributed by atoms with Crippen LogP contribution in [0.2, 0.25) is 0 Å². The maximum absolute atomic E-state index is 5.94. The SMILES string of the molecule is NC1CCN(C2CC(c3ccncc3)NN2)CC1. The third kappa shape index (κ3) is 2.54. The molecule has 18 heavy (non-hydrogen) atoms. The Labute approximate surface area is 108 Å².